The van der Waals surface area contributed by atoms with Crippen molar-refractivity contribution in [1.82, 2.24) is 10.2 Å². The maximum atomic E-state index is 11.5. The summed E-state index contributed by atoms with van der Waals surface area (Å²) >= 11 is 5.87. The van der Waals surface area contributed by atoms with Crippen LogP contribution in [-0.4, -0.2) is 29.8 Å². The molecular weight excluding hydrogens is 254 g/mol. The summed E-state index contributed by atoms with van der Waals surface area (Å²) in [4.78, 5) is 11.5. The van der Waals surface area contributed by atoms with Crippen LogP contribution in [-0.2, 0) is 9.53 Å². The fraction of sp³-hybridized carbons (Fsp3) is 0.583. The number of nitrogens with zero attached hydrogens (tertiary/aromatic N) is 2. The molecule has 5 nitrogen and oxygen atoms in total. The highest BCUT2D eigenvalue weighted by Gasteiger charge is 2.28. The van der Waals surface area contributed by atoms with Gasteiger partial charge in [0.15, 0.2) is 11.0 Å². The van der Waals surface area contributed by atoms with Crippen molar-refractivity contribution in [1.29, 1.82) is 0 Å². The summed E-state index contributed by atoms with van der Waals surface area (Å²) in [5.41, 5.74) is 1.18. The maximum absolute atomic E-state index is 11.5. The molecule has 1 aromatic heterocycles. The van der Waals surface area contributed by atoms with E-state index in [4.69, 9.17) is 16.3 Å². The molecule has 100 valence electrons. The molecule has 6 heteroatoms. The number of hydrogen-bond donors (Lipinski definition) is 1. The molecule has 0 atom stereocenters. The van der Waals surface area contributed by atoms with E-state index in [0.29, 0.717) is 17.5 Å². The lowest BCUT2D eigenvalue weighted by molar-refractivity contribution is -0.149. The Morgan fingerprint density at radius 3 is 2.50 bits per heavy atom. The summed E-state index contributed by atoms with van der Waals surface area (Å²) in [6, 6.07) is 0. The number of hydrogen-bond acceptors (Lipinski definition) is 5. The first-order valence-corrected chi connectivity index (χ1v) is 5.99. The maximum Gasteiger partial charge on any atom is 0.313 e. The molecule has 0 aromatic carbocycles. The highest BCUT2D eigenvalue weighted by molar-refractivity contribution is 6.30. The van der Waals surface area contributed by atoms with Crippen LogP contribution < -0.4 is 5.32 Å². The molecule has 0 spiro atoms. The highest BCUT2D eigenvalue weighted by Crippen LogP contribution is 2.23. The molecular formula is C12H18ClN3O2. The van der Waals surface area contributed by atoms with Crippen LogP contribution in [0, 0.1) is 19.3 Å². The quantitative estimate of drug-likeness (QED) is 0.852. The van der Waals surface area contributed by atoms with E-state index in [1.54, 1.807) is 13.8 Å². The monoisotopic (exact) mass is 271 g/mol. The molecule has 0 aliphatic heterocycles. The molecule has 0 radical (unpaired) electrons. The first-order chi connectivity index (χ1) is 8.29. The van der Waals surface area contributed by atoms with Crippen LogP contribution in [0.25, 0.3) is 0 Å². The van der Waals surface area contributed by atoms with E-state index in [0.717, 1.165) is 11.1 Å². The summed E-state index contributed by atoms with van der Waals surface area (Å²) in [6.45, 7) is 7.80. The number of anilines is 1. The third-order valence-electron chi connectivity index (χ3n) is 2.90. The predicted molar refractivity (Wildman–Crippen MR) is 70.8 cm³/mol. The standard InChI is InChI=1S/C12H18ClN3O2/c1-7-8(2)10(16-15-9(7)13)14-6-12(3,4)11(17)18-5/h6H2,1-5H3,(H,14,16). The van der Waals surface area contributed by atoms with Crippen molar-refractivity contribution in [2.45, 2.75) is 27.7 Å². The molecule has 0 saturated carbocycles. The van der Waals surface area contributed by atoms with E-state index in [2.05, 4.69) is 15.5 Å². The van der Waals surface area contributed by atoms with Gasteiger partial charge in [-0.05, 0) is 38.8 Å². The van der Waals surface area contributed by atoms with Crippen molar-refractivity contribution < 1.29 is 9.53 Å². The molecule has 0 saturated heterocycles. The summed E-state index contributed by atoms with van der Waals surface area (Å²) in [5.74, 6) is 0.361. The van der Waals surface area contributed by atoms with Crippen LogP contribution >= 0.6 is 11.6 Å². The molecule has 1 aromatic rings. The second kappa shape index (κ2) is 5.52. The van der Waals surface area contributed by atoms with Crippen molar-refractivity contribution in [3.63, 3.8) is 0 Å². The molecule has 0 fully saturated rings. The number of nitrogens with one attached hydrogen (secondary N) is 1. The number of carbonyl (C=O) groups is 1. The zero-order chi connectivity index (χ0) is 13.9. The first-order valence-electron chi connectivity index (χ1n) is 5.61. The van der Waals surface area contributed by atoms with E-state index in [1.807, 2.05) is 13.8 Å². The third-order valence-corrected chi connectivity index (χ3v) is 3.26. The largest absolute Gasteiger partial charge is 0.469 e. The number of ether oxygens (including phenoxy) is 1. The van der Waals surface area contributed by atoms with Gasteiger partial charge in [0.1, 0.15) is 0 Å². The van der Waals surface area contributed by atoms with Crippen LogP contribution in [0.5, 0.6) is 0 Å². The zero-order valence-corrected chi connectivity index (χ0v) is 12.1. The minimum Gasteiger partial charge on any atom is -0.469 e. The summed E-state index contributed by atoms with van der Waals surface area (Å²) in [5, 5.41) is 11.3. The van der Waals surface area contributed by atoms with Gasteiger partial charge in [-0.15, -0.1) is 10.2 Å². The van der Waals surface area contributed by atoms with Gasteiger partial charge in [0.05, 0.1) is 12.5 Å². The zero-order valence-electron chi connectivity index (χ0n) is 11.3. The Balaban J connectivity index is 2.82. The Labute approximate surface area is 112 Å². The van der Waals surface area contributed by atoms with Crippen LogP contribution in [0.4, 0.5) is 5.82 Å². The molecule has 0 unspecified atom stereocenters. The lowest BCUT2D eigenvalue weighted by Crippen LogP contribution is -2.33. The van der Waals surface area contributed by atoms with Crippen LogP contribution in [0.1, 0.15) is 25.0 Å². The Bertz CT molecular complexity index is 461. The van der Waals surface area contributed by atoms with Gasteiger partial charge in [-0.2, -0.15) is 0 Å². The Hall–Kier alpha value is -1.36. The predicted octanol–water partition coefficient (Wildman–Crippen LogP) is 2.36. The van der Waals surface area contributed by atoms with Crippen molar-refractivity contribution in [2.24, 2.45) is 5.41 Å². The Morgan fingerprint density at radius 2 is 1.94 bits per heavy atom. The lowest BCUT2D eigenvalue weighted by Gasteiger charge is -2.22. The van der Waals surface area contributed by atoms with Crippen LogP contribution in [0.2, 0.25) is 5.15 Å². The molecule has 18 heavy (non-hydrogen) atoms. The molecule has 0 bridgehead atoms. The normalized spacial score (nSPS) is 11.2. The fourth-order valence-corrected chi connectivity index (χ4v) is 1.58. The van der Waals surface area contributed by atoms with Gasteiger partial charge >= 0.3 is 5.97 Å². The first kappa shape index (κ1) is 14.7. The molecule has 0 aliphatic rings. The third kappa shape index (κ3) is 3.10. The molecule has 1 rings (SSSR count). The minimum atomic E-state index is -0.629. The van der Waals surface area contributed by atoms with Gasteiger partial charge in [-0.1, -0.05) is 11.6 Å². The lowest BCUT2D eigenvalue weighted by atomic mass is 9.93. The molecule has 0 aliphatic carbocycles. The number of rotatable bonds is 4. The second-order valence-corrected chi connectivity index (χ2v) is 5.18. The van der Waals surface area contributed by atoms with Gasteiger partial charge in [-0.3, -0.25) is 4.79 Å². The summed E-state index contributed by atoms with van der Waals surface area (Å²) in [6.07, 6.45) is 0. The SMILES string of the molecule is COC(=O)C(C)(C)CNc1nnc(Cl)c(C)c1C. The Morgan fingerprint density at radius 1 is 1.33 bits per heavy atom. The van der Waals surface area contributed by atoms with Gasteiger partial charge in [0.2, 0.25) is 0 Å². The van der Waals surface area contributed by atoms with E-state index < -0.39 is 5.41 Å². The highest BCUT2D eigenvalue weighted by atomic mass is 35.5. The number of carbonyl (C=O) groups excluding carboxylic acids is 1. The van der Waals surface area contributed by atoms with Crippen molar-refractivity contribution >= 4 is 23.4 Å². The summed E-state index contributed by atoms with van der Waals surface area (Å²) in [7, 11) is 1.38. The topological polar surface area (TPSA) is 64.1 Å². The molecule has 1 heterocycles. The average Bonchev–Trinajstić information content (AvgIpc) is 2.34. The van der Waals surface area contributed by atoms with Crippen LogP contribution in [0.15, 0.2) is 0 Å². The van der Waals surface area contributed by atoms with Crippen molar-refractivity contribution in [3.8, 4) is 0 Å². The van der Waals surface area contributed by atoms with Gasteiger partial charge in [-0.25, -0.2) is 0 Å². The second-order valence-electron chi connectivity index (χ2n) is 4.82. The molecule has 0 amide bonds. The molecule has 1 N–H and O–H groups in total. The van der Waals surface area contributed by atoms with Crippen molar-refractivity contribution in [2.75, 3.05) is 19.0 Å². The number of aromatic nitrogens is 2. The van der Waals surface area contributed by atoms with E-state index >= 15 is 0 Å². The van der Waals surface area contributed by atoms with Gasteiger partial charge in [0, 0.05) is 6.54 Å². The average molecular weight is 272 g/mol. The fourth-order valence-electron chi connectivity index (χ4n) is 1.40. The number of esters is 1. The smallest absolute Gasteiger partial charge is 0.313 e. The summed E-state index contributed by atoms with van der Waals surface area (Å²) < 4.78 is 4.74. The van der Waals surface area contributed by atoms with Crippen molar-refractivity contribution in [3.05, 3.63) is 16.3 Å². The van der Waals surface area contributed by atoms with E-state index in [9.17, 15) is 4.79 Å². The van der Waals surface area contributed by atoms with E-state index in [1.165, 1.54) is 7.11 Å². The Kier molecular flexibility index (Phi) is 4.51. The minimum absolute atomic E-state index is 0.272. The number of halogens is 1. The van der Waals surface area contributed by atoms with Crippen LogP contribution in [0.3, 0.4) is 0 Å². The number of methoxy groups -OCH3 is 1. The van der Waals surface area contributed by atoms with Gasteiger partial charge < -0.3 is 10.1 Å². The van der Waals surface area contributed by atoms with E-state index in [-0.39, 0.29) is 5.97 Å². The van der Waals surface area contributed by atoms with Gasteiger partial charge in [0.25, 0.3) is 0 Å².